The topological polar surface area (TPSA) is 98.7 Å². The third-order valence-electron chi connectivity index (χ3n) is 4.64. The van der Waals surface area contributed by atoms with Gasteiger partial charge in [0.2, 0.25) is 5.91 Å². The average molecular weight is 472 g/mol. The highest BCUT2D eigenvalue weighted by Gasteiger charge is 2.22. The maximum atomic E-state index is 12.4. The highest BCUT2D eigenvalue weighted by atomic mass is 35.5. The SMILES string of the molecule is CC(C)(C)C(=O)Nc1ccc2c(c1)c1ccccc1[s+]2[O-].O=C(OO)c1cccc(Cl)c1. The van der Waals surface area contributed by atoms with Crippen molar-refractivity contribution in [1.82, 2.24) is 0 Å². The van der Waals surface area contributed by atoms with Crippen molar-refractivity contribution in [2.45, 2.75) is 20.8 Å². The van der Waals surface area contributed by atoms with Gasteiger partial charge in [-0.2, -0.15) is 5.26 Å². The van der Waals surface area contributed by atoms with Crippen LogP contribution < -0.4 is 5.32 Å². The molecule has 0 saturated heterocycles. The molecule has 1 aromatic heterocycles. The standard InChI is InChI=1S/C17H17NO2S.C7H5ClO3/c1-17(2,3)16(19)18-11-8-9-15-13(10-11)12-6-4-5-7-14(12)21(15)20;8-6-3-1-2-5(4-6)7(9)11-10/h4-10H,1-3H3,(H,18,19);1-4,10H. The first-order chi connectivity index (χ1) is 15.1. The summed E-state index contributed by atoms with van der Waals surface area (Å²) in [5, 5.41) is 13.3. The Labute approximate surface area is 193 Å². The minimum absolute atomic E-state index is 0.0325. The molecule has 4 aromatic rings. The molecule has 0 bridgehead atoms. The molecule has 0 saturated carbocycles. The van der Waals surface area contributed by atoms with Crippen molar-refractivity contribution >= 4 is 60.1 Å². The molecule has 0 aliphatic heterocycles. The van der Waals surface area contributed by atoms with E-state index >= 15 is 0 Å². The zero-order valence-corrected chi connectivity index (χ0v) is 19.3. The monoisotopic (exact) mass is 471 g/mol. The van der Waals surface area contributed by atoms with Crippen molar-refractivity contribution in [3.05, 3.63) is 77.3 Å². The lowest BCUT2D eigenvalue weighted by Crippen LogP contribution is -2.27. The van der Waals surface area contributed by atoms with Crippen LogP contribution in [0, 0.1) is 5.41 Å². The second kappa shape index (κ2) is 9.67. The van der Waals surface area contributed by atoms with E-state index in [4.69, 9.17) is 16.9 Å². The predicted octanol–water partition coefficient (Wildman–Crippen LogP) is 6.68. The third kappa shape index (κ3) is 5.26. The first-order valence-electron chi connectivity index (χ1n) is 9.70. The third-order valence-corrected chi connectivity index (χ3v) is 6.38. The fourth-order valence-corrected chi connectivity index (χ4v) is 4.50. The van der Waals surface area contributed by atoms with Gasteiger partial charge in [0.1, 0.15) is 0 Å². The number of halogens is 1. The van der Waals surface area contributed by atoms with E-state index in [9.17, 15) is 14.1 Å². The fourth-order valence-electron chi connectivity index (χ4n) is 2.94. The number of fused-ring (bicyclic) bond motifs is 3. The molecule has 2 N–H and O–H groups in total. The summed E-state index contributed by atoms with van der Waals surface area (Å²) in [6.07, 6.45) is 0. The number of amides is 1. The minimum Gasteiger partial charge on any atom is -0.590 e. The Morgan fingerprint density at radius 2 is 1.66 bits per heavy atom. The lowest BCUT2D eigenvalue weighted by atomic mass is 9.95. The number of hydrogen-bond donors (Lipinski definition) is 2. The fraction of sp³-hybridized carbons (Fsp3) is 0.167. The Morgan fingerprint density at radius 1 is 0.969 bits per heavy atom. The highest BCUT2D eigenvalue weighted by Crippen LogP contribution is 2.41. The van der Waals surface area contributed by atoms with Crippen molar-refractivity contribution in [3.63, 3.8) is 0 Å². The van der Waals surface area contributed by atoms with Gasteiger partial charge < -0.3 is 9.87 Å². The lowest BCUT2D eigenvalue weighted by molar-refractivity contribution is -0.182. The Hall–Kier alpha value is -2.97. The molecule has 1 heterocycles. The van der Waals surface area contributed by atoms with E-state index in [1.165, 1.54) is 12.1 Å². The minimum atomic E-state index is -1.12. The zero-order chi connectivity index (χ0) is 23.5. The Balaban J connectivity index is 0.000000222. The van der Waals surface area contributed by atoms with E-state index in [0.717, 1.165) is 25.9 Å². The maximum Gasteiger partial charge on any atom is 0.372 e. The van der Waals surface area contributed by atoms with Gasteiger partial charge in [-0.25, -0.2) is 4.79 Å². The van der Waals surface area contributed by atoms with Crippen LogP contribution in [0.5, 0.6) is 0 Å². The molecule has 6 nitrogen and oxygen atoms in total. The van der Waals surface area contributed by atoms with Crippen molar-refractivity contribution in [1.29, 1.82) is 0 Å². The summed E-state index contributed by atoms with van der Waals surface area (Å²) in [7, 11) is -1.12. The maximum absolute atomic E-state index is 12.4. The van der Waals surface area contributed by atoms with Crippen LogP contribution in [0.2, 0.25) is 5.02 Å². The number of benzene rings is 3. The molecule has 32 heavy (non-hydrogen) atoms. The summed E-state index contributed by atoms with van der Waals surface area (Å²) >= 11 is 5.56. The van der Waals surface area contributed by atoms with Crippen LogP contribution in [0.3, 0.4) is 0 Å². The van der Waals surface area contributed by atoms with Crippen LogP contribution in [0.25, 0.3) is 20.2 Å². The lowest BCUT2D eigenvalue weighted by Gasteiger charge is -2.17. The molecule has 1 amide bonds. The molecule has 4 rings (SSSR count). The van der Waals surface area contributed by atoms with Gasteiger partial charge in [-0.05, 0) is 53.2 Å². The molecular formula is C24H22ClNO5S. The molecule has 1 unspecified atom stereocenters. The van der Waals surface area contributed by atoms with E-state index in [0.29, 0.717) is 5.02 Å². The highest BCUT2D eigenvalue weighted by molar-refractivity contribution is 7.37. The molecular weight excluding hydrogens is 450 g/mol. The van der Waals surface area contributed by atoms with E-state index in [-0.39, 0.29) is 11.5 Å². The molecule has 8 heteroatoms. The van der Waals surface area contributed by atoms with E-state index in [1.807, 2.05) is 63.2 Å². The first-order valence-corrected chi connectivity index (χ1v) is 11.2. The van der Waals surface area contributed by atoms with E-state index < -0.39 is 22.1 Å². The Morgan fingerprint density at radius 3 is 2.31 bits per heavy atom. The number of rotatable bonds is 2. The molecule has 0 aliphatic rings. The zero-order valence-electron chi connectivity index (χ0n) is 17.7. The van der Waals surface area contributed by atoms with E-state index in [1.54, 1.807) is 12.1 Å². The molecule has 0 aliphatic carbocycles. The van der Waals surface area contributed by atoms with Gasteiger partial charge in [-0.3, -0.25) is 9.68 Å². The second-order valence-electron chi connectivity index (χ2n) is 8.07. The summed E-state index contributed by atoms with van der Waals surface area (Å²) in [6, 6.07) is 19.3. The van der Waals surface area contributed by atoms with Crippen LogP contribution in [0.15, 0.2) is 66.7 Å². The van der Waals surface area contributed by atoms with Gasteiger partial charge in [-0.1, -0.05) is 50.6 Å². The van der Waals surface area contributed by atoms with Crippen molar-refractivity contribution in [2.24, 2.45) is 5.41 Å². The van der Waals surface area contributed by atoms with Gasteiger partial charge in [-0.15, -0.1) is 0 Å². The predicted molar refractivity (Wildman–Crippen MR) is 128 cm³/mol. The van der Waals surface area contributed by atoms with Gasteiger partial charge >= 0.3 is 5.97 Å². The van der Waals surface area contributed by atoms with Crippen LogP contribution in [-0.4, -0.2) is 21.7 Å². The van der Waals surface area contributed by atoms with Crippen molar-refractivity contribution in [2.75, 3.05) is 5.32 Å². The van der Waals surface area contributed by atoms with Gasteiger partial charge in [0, 0.05) is 33.0 Å². The molecule has 0 radical (unpaired) electrons. The van der Waals surface area contributed by atoms with E-state index in [2.05, 4.69) is 10.2 Å². The van der Waals surface area contributed by atoms with Gasteiger partial charge in [0.15, 0.2) is 9.40 Å². The Bertz CT molecular complexity index is 1290. The second-order valence-corrected chi connectivity index (χ2v) is 9.92. The number of nitrogens with one attached hydrogen (secondary N) is 1. The quantitative estimate of drug-likeness (QED) is 0.193. The first kappa shape index (κ1) is 23.7. The summed E-state index contributed by atoms with van der Waals surface area (Å²) in [5.74, 6) is -0.845. The normalized spacial score (nSPS) is 11.6. The smallest absolute Gasteiger partial charge is 0.372 e. The van der Waals surface area contributed by atoms with Crippen LogP contribution in [0.1, 0.15) is 31.1 Å². The molecule has 3 aromatic carbocycles. The molecule has 166 valence electrons. The van der Waals surface area contributed by atoms with Gasteiger partial charge in [0.25, 0.3) is 0 Å². The van der Waals surface area contributed by atoms with Gasteiger partial charge in [0.05, 0.1) is 5.56 Å². The Kier molecular flexibility index (Phi) is 7.16. The van der Waals surface area contributed by atoms with Crippen molar-refractivity contribution in [3.8, 4) is 0 Å². The summed E-state index contributed by atoms with van der Waals surface area (Å²) < 4.78 is 14.1. The molecule has 0 spiro atoms. The number of anilines is 1. The van der Waals surface area contributed by atoms with Crippen LogP contribution in [-0.2, 0) is 9.68 Å². The largest absolute Gasteiger partial charge is 0.590 e. The number of thiophene rings is 1. The summed E-state index contributed by atoms with van der Waals surface area (Å²) in [4.78, 5) is 26.2. The molecule has 0 fully saturated rings. The number of hydrogen-bond acceptors (Lipinski definition) is 5. The number of carbonyl (C=O) groups excluding carboxylic acids is 2. The summed E-state index contributed by atoms with van der Waals surface area (Å²) in [6.45, 7) is 5.63. The van der Waals surface area contributed by atoms with Crippen LogP contribution >= 0.6 is 22.4 Å². The average Bonchev–Trinajstić information content (AvgIpc) is 3.05. The summed E-state index contributed by atoms with van der Waals surface area (Å²) in [5.41, 5.74) is 0.516. The number of carbonyl (C=O) groups is 2. The molecule has 1 atom stereocenters. The van der Waals surface area contributed by atoms with Crippen molar-refractivity contribution < 1.29 is 24.3 Å². The van der Waals surface area contributed by atoms with Crippen LogP contribution in [0.4, 0.5) is 5.69 Å².